The van der Waals surface area contributed by atoms with Gasteiger partial charge in [0.2, 0.25) is 0 Å². The first-order chi connectivity index (χ1) is 9.97. The van der Waals surface area contributed by atoms with Gasteiger partial charge in [0, 0.05) is 10.9 Å². The number of hydrogen-bond donors (Lipinski definition) is 1. The molecule has 1 N–H and O–H groups in total. The summed E-state index contributed by atoms with van der Waals surface area (Å²) in [5, 5.41) is 5.31. The van der Waals surface area contributed by atoms with E-state index in [4.69, 9.17) is 0 Å². The minimum Gasteiger partial charge on any atom is -0.312 e. The van der Waals surface area contributed by atoms with Crippen LogP contribution in [0.2, 0.25) is 0 Å². The van der Waals surface area contributed by atoms with E-state index >= 15 is 0 Å². The molecule has 0 spiro atoms. The zero-order valence-electron chi connectivity index (χ0n) is 13.4. The molecule has 2 rings (SSSR count). The van der Waals surface area contributed by atoms with E-state index in [2.05, 4.69) is 26.1 Å². The average Bonchev–Trinajstić information content (AvgIpc) is 2.44. The minimum absolute atomic E-state index is 0.122. The highest BCUT2D eigenvalue weighted by Gasteiger charge is 2.07. The van der Waals surface area contributed by atoms with Gasteiger partial charge in [-0.25, -0.2) is 4.39 Å². The lowest BCUT2D eigenvalue weighted by molar-refractivity contribution is 0.417. The molecule has 2 heteroatoms. The fourth-order valence-electron chi connectivity index (χ4n) is 2.62. The van der Waals surface area contributed by atoms with Crippen LogP contribution in [0.15, 0.2) is 36.4 Å². The highest BCUT2D eigenvalue weighted by molar-refractivity contribution is 5.86. The van der Waals surface area contributed by atoms with Crippen molar-refractivity contribution in [2.45, 2.75) is 52.0 Å². The van der Waals surface area contributed by atoms with E-state index in [-0.39, 0.29) is 11.4 Å². The Hall–Kier alpha value is -1.41. The van der Waals surface area contributed by atoms with Gasteiger partial charge in [-0.3, -0.25) is 0 Å². The molecule has 0 aliphatic rings. The largest absolute Gasteiger partial charge is 0.312 e. The molecule has 21 heavy (non-hydrogen) atoms. The average molecular weight is 287 g/mol. The van der Waals surface area contributed by atoms with Crippen molar-refractivity contribution >= 4 is 10.8 Å². The van der Waals surface area contributed by atoms with E-state index in [1.54, 1.807) is 6.07 Å². The van der Waals surface area contributed by atoms with Crippen LogP contribution in [0.5, 0.6) is 0 Å². The summed E-state index contributed by atoms with van der Waals surface area (Å²) in [6.07, 6.45) is 4.57. The van der Waals surface area contributed by atoms with Crippen LogP contribution < -0.4 is 5.32 Å². The summed E-state index contributed by atoms with van der Waals surface area (Å²) in [5.41, 5.74) is 1.46. The minimum atomic E-state index is -0.122. The Morgan fingerprint density at radius 3 is 2.33 bits per heavy atom. The summed E-state index contributed by atoms with van der Waals surface area (Å²) in [6, 6.07) is 11.3. The smallest absolute Gasteiger partial charge is 0.131 e. The Bertz CT molecular complexity index is 584. The summed E-state index contributed by atoms with van der Waals surface area (Å²) in [7, 11) is 0. The van der Waals surface area contributed by atoms with E-state index < -0.39 is 0 Å². The summed E-state index contributed by atoms with van der Waals surface area (Å²) in [6.45, 7) is 7.64. The van der Waals surface area contributed by atoms with Crippen LogP contribution in [0.3, 0.4) is 0 Å². The zero-order valence-corrected chi connectivity index (χ0v) is 13.4. The first-order valence-corrected chi connectivity index (χ1v) is 7.88. The molecule has 0 saturated carbocycles. The van der Waals surface area contributed by atoms with Crippen molar-refractivity contribution in [1.29, 1.82) is 0 Å². The van der Waals surface area contributed by atoms with Gasteiger partial charge in [0.15, 0.2) is 0 Å². The van der Waals surface area contributed by atoms with E-state index in [1.165, 1.54) is 18.4 Å². The molecular weight excluding hydrogens is 261 g/mol. The molecule has 0 unspecified atom stereocenters. The second-order valence-corrected chi connectivity index (χ2v) is 6.74. The van der Waals surface area contributed by atoms with Gasteiger partial charge in [-0.05, 0) is 63.6 Å². The SMILES string of the molecule is CC(C)(C)NCCCCCc1ccc(F)c2ccccc12. The lowest BCUT2D eigenvalue weighted by Gasteiger charge is -2.20. The third-order valence-corrected chi connectivity index (χ3v) is 3.74. The predicted octanol–water partition coefficient (Wildman–Crippen LogP) is 5.08. The van der Waals surface area contributed by atoms with Gasteiger partial charge in [0.1, 0.15) is 5.82 Å². The third kappa shape index (κ3) is 4.82. The molecule has 1 nitrogen and oxygen atoms in total. The van der Waals surface area contributed by atoms with Crippen LogP contribution in [-0.2, 0) is 6.42 Å². The lowest BCUT2D eigenvalue weighted by atomic mass is 9.99. The number of aryl methyl sites for hydroxylation is 1. The molecule has 0 heterocycles. The molecule has 0 bridgehead atoms. The maximum atomic E-state index is 13.8. The lowest BCUT2D eigenvalue weighted by Crippen LogP contribution is -2.36. The number of unbranched alkanes of at least 4 members (excludes halogenated alkanes) is 2. The molecule has 0 aliphatic heterocycles. The van der Waals surface area contributed by atoms with Crippen molar-refractivity contribution in [3.8, 4) is 0 Å². The Balaban J connectivity index is 1.86. The number of halogens is 1. The molecule has 2 aromatic carbocycles. The topological polar surface area (TPSA) is 12.0 Å². The molecule has 0 fully saturated rings. The molecule has 0 radical (unpaired) electrons. The van der Waals surface area contributed by atoms with Crippen LogP contribution in [0.25, 0.3) is 10.8 Å². The maximum Gasteiger partial charge on any atom is 0.131 e. The number of rotatable bonds is 6. The van der Waals surface area contributed by atoms with E-state index in [1.807, 2.05) is 30.3 Å². The van der Waals surface area contributed by atoms with Gasteiger partial charge in [0.25, 0.3) is 0 Å². The van der Waals surface area contributed by atoms with E-state index in [9.17, 15) is 4.39 Å². The second-order valence-electron chi connectivity index (χ2n) is 6.74. The highest BCUT2D eigenvalue weighted by atomic mass is 19.1. The molecule has 0 saturated heterocycles. The monoisotopic (exact) mass is 287 g/mol. The summed E-state index contributed by atoms with van der Waals surface area (Å²) in [4.78, 5) is 0. The molecule has 114 valence electrons. The van der Waals surface area contributed by atoms with Crippen LogP contribution in [-0.4, -0.2) is 12.1 Å². The summed E-state index contributed by atoms with van der Waals surface area (Å²) in [5.74, 6) is -0.122. The molecule has 0 aliphatic carbocycles. The number of fused-ring (bicyclic) bond motifs is 1. The van der Waals surface area contributed by atoms with Crippen molar-refractivity contribution in [2.75, 3.05) is 6.54 Å². The third-order valence-electron chi connectivity index (χ3n) is 3.74. The van der Waals surface area contributed by atoms with Gasteiger partial charge in [-0.15, -0.1) is 0 Å². The Morgan fingerprint density at radius 2 is 1.62 bits per heavy atom. The second kappa shape index (κ2) is 7.04. The van der Waals surface area contributed by atoms with Gasteiger partial charge >= 0.3 is 0 Å². The maximum absolute atomic E-state index is 13.8. The quantitative estimate of drug-likeness (QED) is 0.731. The Morgan fingerprint density at radius 1 is 0.905 bits per heavy atom. The fourth-order valence-corrected chi connectivity index (χ4v) is 2.62. The zero-order chi connectivity index (χ0) is 15.3. The van der Waals surface area contributed by atoms with Crippen LogP contribution in [0.4, 0.5) is 4.39 Å². The van der Waals surface area contributed by atoms with Gasteiger partial charge in [-0.2, -0.15) is 0 Å². The van der Waals surface area contributed by atoms with Crippen molar-refractivity contribution in [2.24, 2.45) is 0 Å². The molecule has 0 aromatic heterocycles. The Kier molecular flexibility index (Phi) is 5.35. The highest BCUT2D eigenvalue weighted by Crippen LogP contribution is 2.23. The molecule has 2 aromatic rings. The van der Waals surface area contributed by atoms with Gasteiger partial charge in [0.05, 0.1) is 0 Å². The Labute approximate surface area is 127 Å². The van der Waals surface area contributed by atoms with Crippen LogP contribution >= 0.6 is 0 Å². The first kappa shape index (κ1) is 16.0. The first-order valence-electron chi connectivity index (χ1n) is 7.88. The molecule has 0 amide bonds. The summed E-state index contributed by atoms with van der Waals surface area (Å²) < 4.78 is 13.8. The standard InChI is InChI=1S/C19H26FN/c1-19(2,3)21-14-8-4-5-9-15-12-13-18(20)17-11-7-6-10-16(15)17/h6-7,10-13,21H,4-5,8-9,14H2,1-3H3. The van der Waals surface area contributed by atoms with Crippen molar-refractivity contribution in [3.63, 3.8) is 0 Å². The van der Waals surface area contributed by atoms with Crippen LogP contribution in [0.1, 0.15) is 45.6 Å². The number of nitrogens with one attached hydrogen (secondary N) is 1. The number of hydrogen-bond acceptors (Lipinski definition) is 1. The fraction of sp³-hybridized carbons (Fsp3) is 0.474. The van der Waals surface area contributed by atoms with Crippen molar-refractivity contribution in [3.05, 3.63) is 47.8 Å². The molecular formula is C19H26FN. The summed E-state index contributed by atoms with van der Waals surface area (Å²) >= 11 is 0. The van der Waals surface area contributed by atoms with E-state index in [0.717, 1.165) is 30.2 Å². The van der Waals surface area contributed by atoms with Gasteiger partial charge in [-0.1, -0.05) is 36.8 Å². The molecule has 0 atom stereocenters. The van der Waals surface area contributed by atoms with Crippen molar-refractivity contribution in [1.82, 2.24) is 5.32 Å². The van der Waals surface area contributed by atoms with Crippen LogP contribution in [0, 0.1) is 5.82 Å². The number of benzene rings is 2. The van der Waals surface area contributed by atoms with Gasteiger partial charge < -0.3 is 5.32 Å². The normalized spacial score (nSPS) is 12.0. The van der Waals surface area contributed by atoms with Crippen molar-refractivity contribution < 1.29 is 4.39 Å². The predicted molar refractivity (Wildman–Crippen MR) is 89.2 cm³/mol. The van der Waals surface area contributed by atoms with E-state index in [0.29, 0.717) is 0 Å².